The first-order valence-corrected chi connectivity index (χ1v) is 22.8. The van der Waals surface area contributed by atoms with Gasteiger partial charge in [-0.1, -0.05) is 127 Å². The molecule has 2 aliphatic carbocycles. The van der Waals surface area contributed by atoms with Gasteiger partial charge in [-0.2, -0.15) is 0 Å². The van der Waals surface area contributed by atoms with Gasteiger partial charge >= 0.3 is 0 Å². The summed E-state index contributed by atoms with van der Waals surface area (Å²) >= 11 is 3.95. The third-order valence-electron chi connectivity index (χ3n) is 13.3. The maximum absolute atomic E-state index is 2.55. The fourth-order valence-electron chi connectivity index (χ4n) is 10.8. The summed E-state index contributed by atoms with van der Waals surface area (Å²) in [6, 6.07) is 81.5. The SMILES string of the molecule is c1ccc(N(c2ccccc2)c2ccc3c(c2)C2(c4ccccc4-c4ccc(N(c5ccccc5)c5ccc6sc7ccccc7c6c5)cc42)C2Sc4ccccc4C32)cc1. The zero-order chi connectivity index (χ0) is 40.1. The van der Waals surface area contributed by atoms with Gasteiger partial charge in [-0.3, -0.25) is 0 Å². The molecule has 10 aromatic rings. The van der Waals surface area contributed by atoms with Crippen molar-refractivity contribution < 1.29 is 0 Å². The van der Waals surface area contributed by atoms with Crippen molar-refractivity contribution in [1.29, 1.82) is 0 Å². The molecule has 3 unspecified atom stereocenters. The van der Waals surface area contributed by atoms with Gasteiger partial charge in [0.2, 0.25) is 0 Å². The van der Waals surface area contributed by atoms with Crippen LogP contribution in [-0.2, 0) is 5.41 Å². The number of rotatable bonds is 6. The van der Waals surface area contributed by atoms with Crippen LogP contribution in [0.3, 0.4) is 0 Å². The molecule has 3 atom stereocenters. The Morgan fingerprint density at radius 3 is 1.66 bits per heavy atom. The predicted octanol–water partition coefficient (Wildman–Crippen LogP) is 15.9. The van der Waals surface area contributed by atoms with Gasteiger partial charge in [-0.25, -0.2) is 0 Å². The smallest absolute Gasteiger partial charge is 0.0598 e. The van der Waals surface area contributed by atoms with E-state index in [9.17, 15) is 0 Å². The van der Waals surface area contributed by atoms with Gasteiger partial charge in [-0.05, 0) is 130 Å². The van der Waals surface area contributed by atoms with E-state index in [1.165, 1.54) is 64.0 Å². The molecule has 1 aromatic heterocycles. The van der Waals surface area contributed by atoms with Crippen molar-refractivity contribution in [3.8, 4) is 11.1 Å². The molecular weight excluding hydrogens is 777 g/mol. The number of para-hydroxylation sites is 3. The number of nitrogens with zero attached hydrogens (tertiary/aromatic N) is 2. The standard InChI is InChI=1S/C57H38N2S2/c1-4-16-37(17-5-1)58(38-18-6-2-7-19-38)41-29-32-46-51(36-41)57(56-55(46)47-24-12-15-27-53(47)61-56)49-25-13-10-22-43(49)44-31-28-42(35-50(44)57)59(39-20-8-3-9-21-39)40-30-33-54-48(34-40)45-23-11-14-26-52(45)60-54/h1-36,55-56H. The van der Waals surface area contributed by atoms with Crippen LogP contribution in [0.15, 0.2) is 223 Å². The molecule has 9 aromatic carbocycles. The van der Waals surface area contributed by atoms with Crippen molar-refractivity contribution >= 4 is 77.4 Å². The zero-order valence-electron chi connectivity index (χ0n) is 33.2. The van der Waals surface area contributed by atoms with Crippen LogP contribution < -0.4 is 9.80 Å². The van der Waals surface area contributed by atoms with Gasteiger partial charge in [0.15, 0.2) is 0 Å². The molecule has 2 heterocycles. The molecule has 1 spiro atoms. The molecule has 0 N–H and O–H groups in total. The monoisotopic (exact) mass is 814 g/mol. The number of anilines is 6. The van der Waals surface area contributed by atoms with Crippen LogP contribution in [0.5, 0.6) is 0 Å². The predicted molar refractivity (Wildman–Crippen MR) is 258 cm³/mol. The molecule has 0 radical (unpaired) electrons. The minimum Gasteiger partial charge on any atom is -0.310 e. The normalized spacial score (nSPS) is 17.8. The lowest BCUT2D eigenvalue weighted by Crippen LogP contribution is -2.35. The Morgan fingerprint density at radius 1 is 0.361 bits per heavy atom. The van der Waals surface area contributed by atoms with Gasteiger partial charge in [0.1, 0.15) is 0 Å². The summed E-state index contributed by atoms with van der Waals surface area (Å²) in [5.74, 6) is 0.245. The van der Waals surface area contributed by atoms with Gasteiger partial charge < -0.3 is 9.80 Å². The molecule has 2 nitrogen and oxygen atoms in total. The van der Waals surface area contributed by atoms with Crippen molar-refractivity contribution in [2.75, 3.05) is 9.80 Å². The fraction of sp³-hybridized carbons (Fsp3) is 0.0526. The van der Waals surface area contributed by atoms with Crippen LogP contribution in [0.25, 0.3) is 31.3 Å². The van der Waals surface area contributed by atoms with Crippen molar-refractivity contribution in [2.45, 2.75) is 21.5 Å². The number of hydrogen-bond donors (Lipinski definition) is 0. The fourth-order valence-corrected chi connectivity index (χ4v) is 13.7. The highest BCUT2D eigenvalue weighted by Gasteiger charge is 2.61. The third kappa shape index (κ3) is 5.10. The number of hydrogen-bond acceptors (Lipinski definition) is 4. The second-order valence-corrected chi connectivity index (χ2v) is 18.6. The molecule has 1 aliphatic heterocycles. The summed E-state index contributed by atoms with van der Waals surface area (Å²) in [5.41, 5.74) is 16.2. The molecular formula is C57H38N2S2. The number of fused-ring (bicyclic) bond motifs is 15. The first-order valence-electron chi connectivity index (χ1n) is 21.1. The maximum Gasteiger partial charge on any atom is 0.0598 e. The van der Waals surface area contributed by atoms with Crippen LogP contribution in [0, 0.1) is 0 Å². The van der Waals surface area contributed by atoms with Gasteiger partial charge in [0.05, 0.1) is 5.41 Å². The van der Waals surface area contributed by atoms with Crippen molar-refractivity contribution in [1.82, 2.24) is 0 Å². The molecule has 0 saturated carbocycles. The second kappa shape index (κ2) is 13.6. The minimum absolute atomic E-state index is 0.230. The summed E-state index contributed by atoms with van der Waals surface area (Å²) in [5, 5.41) is 2.84. The van der Waals surface area contributed by atoms with Crippen LogP contribution in [0.1, 0.15) is 33.7 Å². The van der Waals surface area contributed by atoms with E-state index < -0.39 is 5.41 Å². The summed E-state index contributed by atoms with van der Waals surface area (Å²) in [6.07, 6.45) is 0. The van der Waals surface area contributed by atoms with Gasteiger partial charge in [0, 0.05) is 70.4 Å². The molecule has 288 valence electrons. The quantitative estimate of drug-likeness (QED) is 0.165. The molecule has 61 heavy (non-hydrogen) atoms. The Morgan fingerprint density at radius 2 is 0.902 bits per heavy atom. The Kier molecular flexibility index (Phi) is 7.79. The summed E-state index contributed by atoms with van der Waals surface area (Å²) in [4.78, 5) is 6.28. The third-order valence-corrected chi connectivity index (χ3v) is 15.9. The first-order chi connectivity index (χ1) is 30.3. The van der Waals surface area contributed by atoms with E-state index in [4.69, 9.17) is 0 Å². The summed E-state index contributed by atoms with van der Waals surface area (Å²) in [7, 11) is 0. The second-order valence-electron chi connectivity index (χ2n) is 16.4. The van der Waals surface area contributed by atoms with Crippen LogP contribution >= 0.6 is 23.1 Å². The molecule has 13 rings (SSSR count). The van der Waals surface area contributed by atoms with E-state index in [1.807, 2.05) is 11.3 Å². The van der Waals surface area contributed by atoms with Crippen LogP contribution in [-0.4, -0.2) is 5.25 Å². The molecule has 0 fully saturated rings. The Bertz CT molecular complexity index is 3280. The molecule has 3 aliphatic rings. The van der Waals surface area contributed by atoms with Gasteiger partial charge in [-0.15, -0.1) is 23.1 Å². The minimum atomic E-state index is -0.420. The van der Waals surface area contributed by atoms with Crippen LogP contribution in [0.2, 0.25) is 0 Å². The topological polar surface area (TPSA) is 6.48 Å². The molecule has 0 saturated heterocycles. The molecule has 0 amide bonds. The van der Waals surface area contributed by atoms with Crippen molar-refractivity contribution in [3.05, 3.63) is 246 Å². The van der Waals surface area contributed by atoms with E-state index in [-0.39, 0.29) is 11.2 Å². The number of thiophene rings is 1. The van der Waals surface area contributed by atoms with E-state index >= 15 is 0 Å². The highest BCUT2D eigenvalue weighted by atomic mass is 32.2. The Labute approximate surface area is 364 Å². The number of benzene rings is 9. The van der Waals surface area contributed by atoms with E-state index in [2.05, 4.69) is 240 Å². The first kappa shape index (κ1) is 35.0. The average molecular weight is 815 g/mol. The lowest BCUT2D eigenvalue weighted by molar-refractivity contribution is 0.616. The van der Waals surface area contributed by atoms with E-state index in [0.29, 0.717) is 0 Å². The highest BCUT2D eigenvalue weighted by Crippen LogP contribution is 2.70. The largest absolute Gasteiger partial charge is 0.310 e. The molecule has 4 heteroatoms. The van der Waals surface area contributed by atoms with E-state index in [1.54, 1.807) is 0 Å². The number of thioether (sulfide) groups is 1. The van der Waals surface area contributed by atoms with Crippen LogP contribution in [0.4, 0.5) is 34.1 Å². The average Bonchev–Trinajstić information content (AvgIpc) is 4.05. The molecule has 0 bridgehead atoms. The summed E-state index contributed by atoms with van der Waals surface area (Å²) in [6.45, 7) is 0. The Balaban J connectivity index is 1.07. The zero-order valence-corrected chi connectivity index (χ0v) is 34.8. The summed E-state index contributed by atoms with van der Waals surface area (Å²) < 4.78 is 2.63. The van der Waals surface area contributed by atoms with Crippen molar-refractivity contribution in [3.63, 3.8) is 0 Å². The lowest BCUT2D eigenvalue weighted by atomic mass is 9.72. The Hall–Kier alpha value is -6.85. The highest BCUT2D eigenvalue weighted by molar-refractivity contribution is 8.00. The maximum atomic E-state index is 2.55. The lowest BCUT2D eigenvalue weighted by Gasteiger charge is -2.36. The van der Waals surface area contributed by atoms with Crippen molar-refractivity contribution in [2.24, 2.45) is 0 Å². The van der Waals surface area contributed by atoms with Gasteiger partial charge in [0.25, 0.3) is 0 Å². The van der Waals surface area contributed by atoms with E-state index in [0.717, 1.165) is 34.1 Å².